The zero-order chi connectivity index (χ0) is 18.5. The van der Waals surface area contributed by atoms with Crippen molar-refractivity contribution < 1.29 is 14.3 Å². The van der Waals surface area contributed by atoms with E-state index in [1.165, 1.54) is 7.11 Å². The molecule has 0 fully saturated rings. The first-order chi connectivity index (χ1) is 12.6. The molecule has 0 radical (unpaired) electrons. The molecule has 0 saturated carbocycles. The molecular weight excluding hydrogens is 352 g/mol. The minimum absolute atomic E-state index is 0.269. The van der Waals surface area contributed by atoms with Gasteiger partial charge in [-0.2, -0.15) is 0 Å². The number of carbonyl (C=O) groups excluding carboxylic acids is 2. The monoisotopic (exact) mass is 368 g/mol. The quantitative estimate of drug-likeness (QED) is 0.720. The van der Waals surface area contributed by atoms with Gasteiger partial charge in [-0.15, -0.1) is 5.10 Å². The van der Waals surface area contributed by atoms with Gasteiger partial charge in [0, 0.05) is 11.3 Å². The first-order valence-electron chi connectivity index (χ1n) is 7.73. The molecule has 1 heterocycles. The predicted molar refractivity (Wildman–Crippen MR) is 100.0 cm³/mol. The third kappa shape index (κ3) is 3.86. The van der Waals surface area contributed by atoms with Crippen molar-refractivity contribution in [1.82, 2.24) is 9.59 Å². The van der Waals surface area contributed by atoms with Crippen LogP contribution >= 0.6 is 11.5 Å². The molecule has 0 unspecified atom stereocenters. The van der Waals surface area contributed by atoms with Crippen LogP contribution in [0.4, 0.5) is 11.4 Å². The highest BCUT2D eigenvalue weighted by Gasteiger charge is 2.15. The highest BCUT2D eigenvalue weighted by molar-refractivity contribution is 7.08. The molecule has 0 aliphatic carbocycles. The van der Waals surface area contributed by atoms with Crippen molar-refractivity contribution >= 4 is 34.7 Å². The van der Waals surface area contributed by atoms with Crippen LogP contribution in [0.2, 0.25) is 0 Å². The first-order valence-corrected chi connectivity index (χ1v) is 8.50. The Morgan fingerprint density at radius 2 is 1.81 bits per heavy atom. The average Bonchev–Trinajstić information content (AvgIpc) is 3.09. The molecule has 8 heteroatoms. The van der Waals surface area contributed by atoms with Crippen LogP contribution < -0.4 is 15.4 Å². The molecule has 26 heavy (non-hydrogen) atoms. The standard InChI is InChI=1S/C18H16N4O3S/c1-11-16(26-22-21-11)18(24)19-13-8-9-15(25-2)14(10-13)20-17(23)12-6-4-3-5-7-12/h3-10H,1-2H3,(H,19,24)(H,20,23). The number of aromatic nitrogens is 2. The number of carbonyl (C=O) groups is 2. The van der Waals surface area contributed by atoms with E-state index in [2.05, 4.69) is 20.2 Å². The molecule has 0 saturated heterocycles. The van der Waals surface area contributed by atoms with Crippen LogP contribution in [0.15, 0.2) is 48.5 Å². The summed E-state index contributed by atoms with van der Waals surface area (Å²) in [4.78, 5) is 25.1. The summed E-state index contributed by atoms with van der Waals surface area (Å²) in [5.74, 6) is -0.0826. The first kappa shape index (κ1) is 17.6. The number of hydrogen-bond donors (Lipinski definition) is 2. The van der Waals surface area contributed by atoms with Crippen molar-refractivity contribution in [2.45, 2.75) is 6.92 Å². The minimum atomic E-state index is -0.303. The van der Waals surface area contributed by atoms with Gasteiger partial charge in [-0.1, -0.05) is 22.7 Å². The van der Waals surface area contributed by atoms with Gasteiger partial charge in [0.1, 0.15) is 10.6 Å². The second kappa shape index (κ2) is 7.75. The maximum absolute atomic E-state index is 12.4. The Morgan fingerprint density at radius 1 is 1.04 bits per heavy atom. The summed E-state index contributed by atoms with van der Waals surface area (Å²) >= 11 is 1.03. The van der Waals surface area contributed by atoms with Gasteiger partial charge in [0.05, 0.1) is 18.5 Å². The van der Waals surface area contributed by atoms with Gasteiger partial charge in [0.25, 0.3) is 11.8 Å². The molecule has 0 bridgehead atoms. The molecule has 3 aromatic rings. The van der Waals surface area contributed by atoms with E-state index in [-0.39, 0.29) is 11.8 Å². The van der Waals surface area contributed by atoms with E-state index >= 15 is 0 Å². The SMILES string of the molecule is COc1ccc(NC(=O)c2snnc2C)cc1NC(=O)c1ccccc1. The molecule has 2 aromatic carbocycles. The van der Waals surface area contributed by atoms with Gasteiger partial charge in [0.15, 0.2) is 0 Å². The van der Waals surface area contributed by atoms with Crippen molar-refractivity contribution in [2.75, 3.05) is 17.7 Å². The molecular formula is C18H16N4O3S. The van der Waals surface area contributed by atoms with Crippen LogP contribution in [0.5, 0.6) is 5.75 Å². The summed E-state index contributed by atoms with van der Waals surface area (Å²) in [7, 11) is 1.51. The van der Waals surface area contributed by atoms with Crippen LogP contribution in [0, 0.1) is 6.92 Å². The minimum Gasteiger partial charge on any atom is -0.495 e. The maximum Gasteiger partial charge on any atom is 0.269 e. The zero-order valence-electron chi connectivity index (χ0n) is 14.1. The van der Waals surface area contributed by atoms with Crippen molar-refractivity contribution in [2.24, 2.45) is 0 Å². The fourth-order valence-corrected chi connectivity index (χ4v) is 2.85. The molecule has 0 atom stereocenters. The number of benzene rings is 2. The molecule has 1 aromatic heterocycles. The topological polar surface area (TPSA) is 93.2 Å². The summed E-state index contributed by atoms with van der Waals surface area (Å²) in [6, 6.07) is 13.8. The summed E-state index contributed by atoms with van der Waals surface area (Å²) in [6.45, 7) is 1.72. The highest BCUT2D eigenvalue weighted by Crippen LogP contribution is 2.29. The molecule has 132 valence electrons. The zero-order valence-corrected chi connectivity index (χ0v) is 15.0. The number of anilines is 2. The van der Waals surface area contributed by atoms with E-state index in [1.807, 2.05) is 6.07 Å². The Bertz CT molecular complexity index is 941. The molecule has 0 spiro atoms. The largest absolute Gasteiger partial charge is 0.495 e. The number of methoxy groups -OCH3 is 1. The summed E-state index contributed by atoms with van der Waals surface area (Å²) in [5.41, 5.74) is 2.07. The van der Waals surface area contributed by atoms with Gasteiger partial charge in [-0.05, 0) is 48.8 Å². The van der Waals surface area contributed by atoms with Crippen LogP contribution in [-0.2, 0) is 0 Å². The van der Waals surface area contributed by atoms with E-state index < -0.39 is 0 Å². The van der Waals surface area contributed by atoms with Gasteiger partial charge < -0.3 is 15.4 Å². The van der Waals surface area contributed by atoms with E-state index in [0.29, 0.717) is 33.3 Å². The number of ether oxygens (including phenoxy) is 1. The Hall–Kier alpha value is -3.26. The molecule has 7 nitrogen and oxygen atoms in total. The van der Waals surface area contributed by atoms with Crippen molar-refractivity contribution in [3.63, 3.8) is 0 Å². The average molecular weight is 368 g/mol. The van der Waals surface area contributed by atoms with Gasteiger partial charge >= 0.3 is 0 Å². The highest BCUT2D eigenvalue weighted by atomic mass is 32.1. The molecule has 2 amide bonds. The third-order valence-corrected chi connectivity index (χ3v) is 4.43. The lowest BCUT2D eigenvalue weighted by Crippen LogP contribution is -2.14. The Kier molecular flexibility index (Phi) is 5.23. The fraction of sp³-hybridized carbons (Fsp3) is 0.111. The number of rotatable bonds is 5. The van der Waals surface area contributed by atoms with E-state index in [1.54, 1.807) is 49.4 Å². The normalized spacial score (nSPS) is 10.2. The molecule has 3 rings (SSSR count). The second-order valence-corrected chi connectivity index (χ2v) is 6.13. The van der Waals surface area contributed by atoms with Crippen molar-refractivity contribution in [3.8, 4) is 5.75 Å². The predicted octanol–water partition coefficient (Wildman–Crippen LogP) is 3.36. The Morgan fingerprint density at radius 3 is 2.46 bits per heavy atom. The number of amides is 2. The summed E-state index contributed by atoms with van der Waals surface area (Å²) in [5, 5.41) is 9.40. The number of nitrogens with one attached hydrogen (secondary N) is 2. The van der Waals surface area contributed by atoms with Crippen molar-refractivity contribution in [1.29, 1.82) is 0 Å². The second-order valence-electron chi connectivity index (χ2n) is 5.38. The van der Waals surface area contributed by atoms with E-state index in [0.717, 1.165) is 11.5 Å². The van der Waals surface area contributed by atoms with E-state index in [9.17, 15) is 9.59 Å². The molecule has 0 aliphatic rings. The van der Waals surface area contributed by atoms with Crippen LogP contribution in [0.25, 0.3) is 0 Å². The third-order valence-electron chi connectivity index (χ3n) is 3.60. The van der Waals surface area contributed by atoms with Crippen LogP contribution in [-0.4, -0.2) is 28.5 Å². The molecule has 2 N–H and O–H groups in total. The number of nitrogens with zero attached hydrogens (tertiary/aromatic N) is 2. The number of aryl methyl sites for hydroxylation is 1. The molecule has 0 aliphatic heterocycles. The fourth-order valence-electron chi connectivity index (χ4n) is 2.29. The maximum atomic E-state index is 12.4. The summed E-state index contributed by atoms with van der Waals surface area (Å²) < 4.78 is 9.04. The van der Waals surface area contributed by atoms with Gasteiger partial charge in [-0.25, -0.2) is 0 Å². The Balaban J connectivity index is 1.81. The Labute approximate surface area is 154 Å². The smallest absolute Gasteiger partial charge is 0.269 e. The van der Waals surface area contributed by atoms with Crippen LogP contribution in [0.3, 0.4) is 0 Å². The number of hydrogen-bond acceptors (Lipinski definition) is 6. The lowest BCUT2D eigenvalue weighted by Gasteiger charge is -2.12. The lowest BCUT2D eigenvalue weighted by molar-refractivity contribution is 0.102. The van der Waals surface area contributed by atoms with Crippen LogP contribution in [0.1, 0.15) is 25.7 Å². The summed E-state index contributed by atoms with van der Waals surface area (Å²) in [6.07, 6.45) is 0. The van der Waals surface area contributed by atoms with Gasteiger partial charge in [0.2, 0.25) is 0 Å². The lowest BCUT2D eigenvalue weighted by atomic mass is 10.2. The van der Waals surface area contributed by atoms with Gasteiger partial charge in [-0.3, -0.25) is 9.59 Å². The van der Waals surface area contributed by atoms with E-state index in [4.69, 9.17) is 4.74 Å². The van der Waals surface area contributed by atoms with Crippen molar-refractivity contribution in [3.05, 3.63) is 64.7 Å².